The quantitative estimate of drug-likeness (QED) is 0.311. The number of aromatic nitrogens is 6. The van der Waals surface area contributed by atoms with Crippen LogP contribution < -0.4 is 4.90 Å². The van der Waals surface area contributed by atoms with Crippen LogP contribution in [0.2, 0.25) is 0 Å². The summed E-state index contributed by atoms with van der Waals surface area (Å²) in [6.45, 7) is 4.66. The van der Waals surface area contributed by atoms with E-state index in [2.05, 4.69) is 27.2 Å². The number of aryl methyl sites for hydroxylation is 2. The number of nitrogens with zero attached hydrogens (tertiary/aromatic N) is 10. The second-order valence-electron chi connectivity index (χ2n) is 10.8. The Hall–Kier alpha value is -5.08. The lowest BCUT2D eigenvalue weighted by atomic mass is 10.0. The van der Waals surface area contributed by atoms with Crippen molar-refractivity contribution in [3.8, 4) is 28.6 Å². The number of pyridine rings is 1. The molecule has 5 heterocycles. The molecule has 1 fully saturated rings. The highest BCUT2D eigenvalue weighted by atomic mass is 16.2. The molecule has 4 aromatic heterocycles. The van der Waals surface area contributed by atoms with Crippen molar-refractivity contribution in [2.24, 2.45) is 7.05 Å². The van der Waals surface area contributed by atoms with Crippen LogP contribution in [0.5, 0.6) is 0 Å². The zero-order chi connectivity index (χ0) is 29.4. The highest BCUT2D eigenvalue weighted by molar-refractivity contribution is 5.84. The first kappa shape index (κ1) is 27.1. The number of rotatable bonds is 6. The molecule has 1 amide bonds. The number of amides is 1. The fourth-order valence-electron chi connectivity index (χ4n) is 5.53. The van der Waals surface area contributed by atoms with Crippen molar-refractivity contribution in [2.45, 2.75) is 13.0 Å². The molecular weight excluding hydrogens is 528 g/mol. The Kier molecular flexibility index (Phi) is 7.14. The zero-order valence-corrected chi connectivity index (χ0v) is 24.1. The van der Waals surface area contributed by atoms with Crippen LogP contribution >= 0.6 is 0 Å². The number of carbonyl (C=O) groups is 1. The number of anilines is 1. The van der Waals surface area contributed by atoms with E-state index in [1.165, 1.54) is 0 Å². The third-order valence-corrected chi connectivity index (χ3v) is 7.66. The van der Waals surface area contributed by atoms with Crippen LogP contribution in [0.15, 0.2) is 67.4 Å². The van der Waals surface area contributed by atoms with Crippen molar-refractivity contribution in [2.75, 3.05) is 45.2 Å². The van der Waals surface area contributed by atoms with Gasteiger partial charge in [-0.3, -0.25) is 14.4 Å². The van der Waals surface area contributed by atoms with Crippen LogP contribution in [0, 0.1) is 18.3 Å². The number of hydrogen-bond acceptors (Lipinski definition) is 8. The molecule has 212 valence electrons. The molecule has 0 N–H and O–H groups in total. The van der Waals surface area contributed by atoms with Crippen molar-refractivity contribution in [1.29, 1.82) is 5.26 Å². The maximum Gasteiger partial charge on any atom is 0.244 e. The van der Waals surface area contributed by atoms with Gasteiger partial charge in [0, 0.05) is 56.7 Å². The highest BCUT2D eigenvalue weighted by Crippen LogP contribution is 2.30. The maximum absolute atomic E-state index is 13.6. The van der Waals surface area contributed by atoms with Crippen molar-refractivity contribution in [3.05, 3.63) is 84.1 Å². The summed E-state index contributed by atoms with van der Waals surface area (Å²) in [5.74, 6) is 0.952. The Morgan fingerprint density at radius 3 is 2.45 bits per heavy atom. The van der Waals surface area contributed by atoms with Crippen molar-refractivity contribution in [1.82, 2.24) is 39.2 Å². The predicted molar refractivity (Wildman–Crippen MR) is 160 cm³/mol. The van der Waals surface area contributed by atoms with Gasteiger partial charge in [0.25, 0.3) is 0 Å². The number of carbonyl (C=O) groups excluding carboxylic acids is 1. The molecule has 11 heteroatoms. The van der Waals surface area contributed by atoms with Gasteiger partial charge in [-0.2, -0.15) is 15.5 Å². The lowest BCUT2D eigenvalue weighted by Crippen LogP contribution is -2.51. The summed E-state index contributed by atoms with van der Waals surface area (Å²) < 4.78 is 3.41. The fraction of sp³-hybridized carbons (Fsp3) is 0.290. The largest absolute Gasteiger partial charge is 0.353 e. The molecule has 0 saturated carbocycles. The minimum Gasteiger partial charge on any atom is -0.353 e. The number of nitriles is 1. The van der Waals surface area contributed by atoms with Gasteiger partial charge < -0.3 is 9.80 Å². The van der Waals surface area contributed by atoms with E-state index < -0.39 is 0 Å². The fourth-order valence-corrected chi connectivity index (χ4v) is 5.53. The molecule has 1 atom stereocenters. The van der Waals surface area contributed by atoms with Crippen LogP contribution in [0.25, 0.3) is 28.0 Å². The smallest absolute Gasteiger partial charge is 0.244 e. The Labute approximate surface area is 244 Å². The zero-order valence-electron chi connectivity index (χ0n) is 24.1. The van der Waals surface area contributed by atoms with Gasteiger partial charge >= 0.3 is 0 Å². The molecule has 0 radical (unpaired) electrons. The van der Waals surface area contributed by atoms with Crippen LogP contribution in [0.1, 0.15) is 22.7 Å². The van der Waals surface area contributed by atoms with E-state index in [1.54, 1.807) is 34.0 Å². The predicted octanol–water partition coefficient (Wildman–Crippen LogP) is 3.32. The van der Waals surface area contributed by atoms with Crippen molar-refractivity contribution < 1.29 is 4.79 Å². The number of benzene rings is 1. The van der Waals surface area contributed by atoms with Gasteiger partial charge in [-0.05, 0) is 38.7 Å². The Morgan fingerprint density at radius 1 is 1.00 bits per heavy atom. The van der Waals surface area contributed by atoms with Crippen LogP contribution in [-0.4, -0.2) is 85.3 Å². The van der Waals surface area contributed by atoms with Crippen molar-refractivity contribution in [3.63, 3.8) is 0 Å². The molecule has 0 aliphatic carbocycles. The first-order valence-electron chi connectivity index (χ1n) is 13.8. The molecule has 0 bridgehead atoms. The van der Waals surface area contributed by atoms with Crippen LogP contribution in [0.4, 0.5) is 5.82 Å². The first-order valence-corrected chi connectivity index (χ1v) is 13.8. The number of fused-ring (bicyclic) bond motifs is 1. The summed E-state index contributed by atoms with van der Waals surface area (Å²) >= 11 is 0. The molecule has 1 unspecified atom stereocenters. The molecule has 6 rings (SSSR count). The van der Waals surface area contributed by atoms with Gasteiger partial charge in [0.05, 0.1) is 30.0 Å². The highest BCUT2D eigenvalue weighted by Gasteiger charge is 2.30. The minimum absolute atomic E-state index is 0.117. The van der Waals surface area contributed by atoms with E-state index >= 15 is 0 Å². The van der Waals surface area contributed by atoms with Crippen LogP contribution in [0.3, 0.4) is 0 Å². The molecule has 1 aromatic carbocycles. The third kappa shape index (κ3) is 5.08. The lowest BCUT2D eigenvalue weighted by Gasteiger charge is -2.38. The molecule has 11 nitrogen and oxygen atoms in total. The summed E-state index contributed by atoms with van der Waals surface area (Å²) in [5.41, 5.74) is 6.20. The van der Waals surface area contributed by atoms with Crippen molar-refractivity contribution >= 4 is 17.2 Å². The molecule has 1 aliphatic rings. The Morgan fingerprint density at radius 2 is 1.81 bits per heavy atom. The molecule has 5 aromatic rings. The lowest BCUT2D eigenvalue weighted by molar-refractivity contribution is -0.136. The van der Waals surface area contributed by atoms with Gasteiger partial charge in [-0.1, -0.05) is 29.8 Å². The van der Waals surface area contributed by atoms with Gasteiger partial charge in [-0.15, -0.1) is 0 Å². The first-order chi connectivity index (χ1) is 20.3. The summed E-state index contributed by atoms with van der Waals surface area (Å²) in [6, 6.07) is 14.0. The second kappa shape index (κ2) is 11.1. The summed E-state index contributed by atoms with van der Waals surface area (Å²) in [6.07, 6.45) is 8.78. The number of hydrogen-bond donors (Lipinski definition) is 0. The standard InChI is InChI=1S/C31H32N10O/c1-21-6-5-7-22(14-21)30(37(2)3)31(42)40-12-10-39(11-13-40)27-9-8-23(16-33-27)28-29-24(15-32)17-35-41(29)20-26(36-28)25-18-34-38(4)19-25/h5-9,14,16-20,30H,10-13H2,1-4H3. The molecule has 1 saturated heterocycles. The average Bonchev–Trinajstić information content (AvgIpc) is 3.63. The average molecular weight is 561 g/mol. The summed E-state index contributed by atoms with van der Waals surface area (Å²) in [7, 11) is 5.75. The molecule has 0 spiro atoms. The Bertz CT molecular complexity index is 1790. The molecular formula is C31H32N10O. The number of piperazine rings is 1. The van der Waals surface area contributed by atoms with Gasteiger partial charge in [-0.25, -0.2) is 14.5 Å². The number of likely N-dealkylation sites (N-methyl/N-ethyl adjacent to an activating group) is 1. The summed E-state index contributed by atoms with van der Waals surface area (Å²) in [4.78, 5) is 29.4. The van der Waals surface area contributed by atoms with E-state index in [1.807, 2.05) is 74.4 Å². The second-order valence-corrected chi connectivity index (χ2v) is 10.8. The van der Waals surface area contributed by atoms with Gasteiger partial charge in [0.2, 0.25) is 5.91 Å². The maximum atomic E-state index is 13.6. The minimum atomic E-state index is -0.317. The van der Waals surface area contributed by atoms with Gasteiger partial charge in [0.15, 0.2) is 0 Å². The normalized spacial score (nSPS) is 14.4. The van der Waals surface area contributed by atoms with E-state index in [9.17, 15) is 10.1 Å². The molecule has 1 aliphatic heterocycles. The van der Waals surface area contributed by atoms with E-state index in [4.69, 9.17) is 9.97 Å². The summed E-state index contributed by atoms with van der Waals surface area (Å²) in [5, 5.41) is 18.4. The van der Waals surface area contributed by atoms with E-state index in [0.29, 0.717) is 48.6 Å². The third-order valence-electron chi connectivity index (χ3n) is 7.66. The van der Waals surface area contributed by atoms with E-state index in [-0.39, 0.29) is 11.9 Å². The monoisotopic (exact) mass is 560 g/mol. The van der Waals surface area contributed by atoms with E-state index in [0.717, 1.165) is 28.1 Å². The molecule has 42 heavy (non-hydrogen) atoms. The SMILES string of the molecule is Cc1cccc(C(C(=O)N2CCN(c3ccc(-c4nc(-c5cnn(C)c5)cn5ncc(C#N)c45)cn3)CC2)N(C)C)c1. The Balaban J connectivity index is 1.21. The van der Waals surface area contributed by atoms with Gasteiger partial charge in [0.1, 0.15) is 29.0 Å². The topological polar surface area (TPSA) is 111 Å². The van der Waals surface area contributed by atoms with Crippen LogP contribution in [-0.2, 0) is 11.8 Å².